The van der Waals surface area contributed by atoms with Gasteiger partial charge in [0.1, 0.15) is 16.3 Å². The lowest BCUT2D eigenvalue weighted by Gasteiger charge is -2.13. The van der Waals surface area contributed by atoms with Gasteiger partial charge in [0.2, 0.25) is 10.0 Å². The number of methoxy groups -OCH3 is 1. The van der Waals surface area contributed by atoms with E-state index in [1.54, 1.807) is 18.7 Å². The SMILES string of the molecule is COc1ccc(CNC(=O)c2cc(S(=O)(=O)N3CCCC3)cn2C)cc1. The normalized spacial score (nSPS) is 15.2. The highest BCUT2D eigenvalue weighted by molar-refractivity contribution is 7.89. The third-order valence-electron chi connectivity index (χ3n) is 4.53. The fourth-order valence-corrected chi connectivity index (χ4v) is 4.58. The molecule has 3 rings (SSSR count). The Morgan fingerprint density at radius 1 is 1.19 bits per heavy atom. The average Bonchev–Trinajstić information content (AvgIpc) is 3.30. The fourth-order valence-electron chi connectivity index (χ4n) is 2.99. The van der Waals surface area contributed by atoms with Crippen molar-refractivity contribution >= 4 is 15.9 Å². The molecular weight excluding hydrogens is 354 g/mol. The van der Waals surface area contributed by atoms with Gasteiger partial charge in [-0.3, -0.25) is 4.79 Å². The van der Waals surface area contributed by atoms with E-state index in [0.717, 1.165) is 24.2 Å². The van der Waals surface area contributed by atoms with Crippen LogP contribution in [0.1, 0.15) is 28.9 Å². The summed E-state index contributed by atoms with van der Waals surface area (Å²) < 4.78 is 33.4. The zero-order chi connectivity index (χ0) is 18.7. The molecule has 140 valence electrons. The number of nitrogens with one attached hydrogen (secondary N) is 1. The van der Waals surface area contributed by atoms with Crippen LogP contribution in [0.5, 0.6) is 5.75 Å². The molecule has 1 saturated heterocycles. The van der Waals surface area contributed by atoms with Crippen molar-refractivity contribution in [3.05, 3.63) is 47.8 Å². The highest BCUT2D eigenvalue weighted by Gasteiger charge is 2.29. The monoisotopic (exact) mass is 377 g/mol. The van der Waals surface area contributed by atoms with Crippen LogP contribution in [0.3, 0.4) is 0 Å². The largest absolute Gasteiger partial charge is 0.497 e. The van der Waals surface area contributed by atoms with Gasteiger partial charge in [0.25, 0.3) is 5.91 Å². The fraction of sp³-hybridized carbons (Fsp3) is 0.389. The number of nitrogens with zero attached hydrogens (tertiary/aromatic N) is 2. The van der Waals surface area contributed by atoms with E-state index in [0.29, 0.717) is 25.3 Å². The van der Waals surface area contributed by atoms with Gasteiger partial charge in [0.15, 0.2) is 0 Å². The van der Waals surface area contributed by atoms with Crippen molar-refractivity contribution in [2.45, 2.75) is 24.3 Å². The number of amides is 1. The van der Waals surface area contributed by atoms with Gasteiger partial charge in [-0.25, -0.2) is 8.42 Å². The third kappa shape index (κ3) is 3.76. The van der Waals surface area contributed by atoms with Gasteiger partial charge in [-0.15, -0.1) is 0 Å². The van der Waals surface area contributed by atoms with Crippen LogP contribution in [0.4, 0.5) is 0 Å². The maximum absolute atomic E-state index is 12.6. The summed E-state index contributed by atoms with van der Waals surface area (Å²) in [6.07, 6.45) is 3.25. The minimum atomic E-state index is -3.53. The maximum atomic E-state index is 12.6. The molecule has 0 atom stereocenters. The standard InChI is InChI=1S/C18H23N3O4S/c1-20-13-16(26(23,24)21-9-3-4-10-21)11-17(20)18(22)19-12-14-5-7-15(25-2)8-6-14/h5-8,11,13H,3-4,9-10,12H2,1-2H3,(H,19,22). The van der Waals surface area contributed by atoms with Crippen molar-refractivity contribution in [1.82, 2.24) is 14.2 Å². The van der Waals surface area contributed by atoms with Crippen LogP contribution in [-0.2, 0) is 23.6 Å². The van der Waals surface area contributed by atoms with E-state index in [1.807, 2.05) is 24.3 Å². The number of carbonyl (C=O) groups excluding carboxylic acids is 1. The molecule has 2 aromatic rings. The smallest absolute Gasteiger partial charge is 0.268 e. The molecule has 1 aliphatic rings. The molecule has 1 aromatic carbocycles. The van der Waals surface area contributed by atoms with Crippen molar-refractivity contribution in [1.29, 1.82) is 0 Å². The van der Waals surface area contributed by atoms with E-state index in [1.165, 1.54) is 16.6 Å². The Labute approximate surface area is 153 Å². The zero-order valence-electron chi connectivity index (χ0n) is 14.9. The lowest BCUT2D eigenvalue weighted by atomic mass is 10.2. The number of ether oxygens (including phenoxy) is 1. The molecule has 0 bridgehead atoms. The molecule has 1 amide bonds. The Bertz CT molecular complexity index is 882. The molecule has 0 saturated carbocycles. The molecule has 1 aliphatic heterocycles. The van der Waals surface area contributed by atoms with Crippen LogP contribution in [0.2, 0.25) is 0 Å². The molecule has 1 fully saturated rings. The lowest BCUT2D eigenvalue weighted by Crippen LogP contribution is -2.27. The third-order valence-corrected chi connectivity index (χ3v) is 6.39. The maximum Gasteiger partial charge on any atom is 0.268 e. The molecule has 2 heterocycles. The topological polar surface area (TPSA) is 80.6 Å². The molecule has 1 aromatic heterocycles. The van der Waals surface area contributed by atoms with E-state index in [-0.39, 0.29) is 10.8 Å². The van der Waals surface area contributed by atoms with Gasteiger partial charge in [-0.05, 0) is 36.6 Å². The van der Waals surface area contributed by atoms with Gasteiger partial charge < -0.3 is 14.6 Å². The average molecular weight is 377 g/mol. The highest BCUT2D eigenvalue weighted by atomic mass is 32.2. The van der Waals surface area contributed by atoms with Crippen molar-refractivity contribution < 1.29 is 17.9 Å². The first-order valence-electron chi connectivity index (χ1n) is 8.49. The number of carbonyl (C=O) groups is 1. The van der Waals surface area contributed by atoms with Gasteiger partial charge in [0, 0.05) is 32.9 Å². The van der Waals surface area contributed by atoms with Crippen molar-refractivity contribution in [3.63, 3.8) is 0 Å². The number of aromatic nitrogens is 1. The van der Waals surface area contributed by atoms with Crippen LogP contribution >= 0.6 is 0 Å². The first kappa shape index (κ1) is 18.5. The van der Waals surface area contributed by atoms with Gasteiger partial charge in [0.05, 0.1) is 7.11 Å². The van der Waals surface area contributed by atoms with E-state index in [2.05, 4.69) is 5.32 Å². The number of hydrogen-bond acceptors (Lipinski definition) is 4. The van der Waals surface area contributed by atoms with Crippen LogP contribution in [0.15, 0.2) is 41.4 Å². The van der Waals surface area contributed by atoms with E-state index >= 15 is 0 Å². The highest BCUT2D eigenvalue weighted by Crippen LogP contribution is 2.22. The summed E-state index contributed by atoms with van der Waals surface area (Å²) in [7, 11) is -0.261. The second-order valence-corrected chi connectivity index (χ2v) is 8.25. The van der Waals surface area contributed by atoms with Gasteiger partial charge >= 0.3 is 0 Å². The van der Waals surface area contributed by atoms with Crippen LogP contribution in [0, 0.1) is 0 Å². The predicted molar refractivity (Wildman–Crippen MR) is 97.6 cm³/mol. The zero-order valence-corrected chi connectivity index (χ0v) is 15.8. The van der Waals surface area contributed by atoms with Crippen molar-refractivity contribution in [2.75, 3.05) is 20.2 Å². The molecule has 7 nitrogen and oxygen atoms in total. The summed E-state index contributed by atoms with van der Waals surface area (Å²) >= 11 is 0. The number of aryl methyl sites for hydroxylation is 1. The second kappa shape index (κ2) is 7.51. The minimum Gasteiger partial charge on any atom is -0.497 e. The number of benzene rings is 1. The molecule has 26 heavy (non-hydrogen) atoms. The molecule has 1 N–H and O–H groups in total. The van der Waals surface area contributed by atoms with Gasteiger partial charge in [-0.1, -0.05) is 12.1 Å². The first-order valence-corrected chi connectivity index (χ1v) is 9.93. The van der Waals surface area contributed by atoms with Crippen molar-refractivity contribution in [3.8, 4) is 5.75 Å². The Balaban J connectivity index is 1.70. The first-order chi connectivity index (χ1) is 12.4. The molecule has 8 heteroatoms. The Morgan fingerprint density at radius 2 is 1.85 bits per heavy atom. The lowest BCUT2D eigenvalue weighted by molar-refractivity contribution is 0.0943. The summed E-state index contributed by atoms with van der Waals surface area (Å²) in [6, 6.07) is 8.83. The molecule has 0 aliphatic carbocycles. The van der Waals surface area contributed by atoms with Crippen LogP contribution in [-0.4, -0.2) is 43.4 Å². The Kier molecular flexibility index (Phi) is 5.33. The summed E-state index contributed by atoms with van der Waals surface area (Å²) in [5.41, 5.74) is 1.24. The summed E-state index contributed by atoms with van der Waals surface area (Å²) in [4.78, 5) is 12.6. The number of sulfonamides is 1. The van der Waals surface area contributed by atoms with Crippen LogP contribution < -0.4 is 10.1 Å². The number of hydrogen-bond donors (Lipinski definition) is 1. The van der Waals surface area contributed by atoms with Crippen molar-refractivity contribution in [2.24, 2.45) is 7.05 Å². The van der Waals surface area contributed by atoms with E-state index in [9.17, 15) is 13.2 Å². The molecule has 0 spiro atoms. The summed E-state index contributed by atoms with van der Waals surface area (Å²) in [5, 5.41) is 2.82. The van der Waals surface area contributed by atoms with E-state index in [4.69, 9.17) is 4.74 Å². The molecule has 0 unspecified atom stereocenters. The molecular formula is C18H23N3O4S. The van der Waals surface area contributed by atoms with Gasteiger partial charge in [-0.2, -0.15) is 4.31 Å². The Hall–Kier alpha value is -2.32. The Morgan fingerprint density at radius 3 is 2.46 bits per heavy atom. The van der Waals surface area contributed by atoms with Crippen LogP contribution in [0.25, 0.3) is 0 Å². The van der Waals surface area contributed by atoms with E-state index < -0.39 is 10.0 Å². The predicted octanol–water partition coefficient (Wildman–Crippen LogP) is 1.75. The minimum absolute atomic E-state index is 0.163. The quantitative estimate of drug-likeness (QED) is 0.832. The number of rotatable bonds is 6. The summed E-state index contributed by atoms with van der Waals surface area (Å²) in [5.74, 6) is 0.436. The second-order valence-electron chi connectivity index (χ2n) is 6.31. The molecule has 0 radical (unpaired) electrons. The summed E-state index contributed by atoms with van der Waals surface area (Å²) in [6.45, 7) is 1.43.